The molecule has 0 saturated carbocycles. The van der Waals surface area contributed by atoms with Gasteiger partial charge < -0.3 is 31.1 Å². The van der Waals surface area contributed by atoms with Crippen LogP contribution >= 0.6 is 0 Å². The van der Waals surface area contributed by atoms with Crippen molar-refractivity contribution in [2.75, 3.05) is 54.9 Å². The van der Waals surface area contributed by atoms with Crippen LogP contribution in [-0.4, -0.2) is 62.9 Å². The Morgan fingerprint density at radius 2 is 1.94 bits per heavy atom. The number of benzene rings is 1. The van der Waals surface area contributed by atoms with Crippen molar-refractivity contribution in [2.24, 2.45) is 0 Å². The fourth-order valence-corrected chi connectivity index (χ4v) is 4.57. The Morgan fingerprint density at radius 1 is 1.18 bits per heavy atom. The molecule has 2 aliphatic rings. The molecule has 9 nitrogen and oxygen atoms in total. The van der Waals surface area contributed by atoms with Gasteiger partial charge in [-0.1, -0.05) is 0 Å². The third-order valence-corrected chi connectivity index (χ3v) is 6.47. The monoisotopic (exact) mass is 448 g/mol. The molecule has 0 spiro atoms. The van der Waals surface area contributed by atoms with Crippen LogP contribution in [0.5, 0.6) is 0 Å². The molecule has 0 radical (unpaired) electrons. The lowest BCUT2D eigenvalue weighted by atomic mass is 9.97. The SMILES string of the molecule is CNC(=O)N[C@@H]1CCCN(c2cnc(C#N)c(Nc3ccc(N4CCNCC4)cc3)c2)[C@@H]1C. The minimum absolute atomic E-state index is 0.0447. The van der Waals surface area contributed by atoms with Crippen molar-refractivity contribution in [1.29, 1.82) is 5.26 Å². The molecule has 2 amide bonds. The number of urea groups is 1. The van der Waals surface area contributed by atoms with Crippen molar-refractivity contribution < 1.29 is 4.79 Å². The fraction of sp³-hybridized carbons (Fsp3) is 0.458. The molecule has 1 aromatic heterocycles. The lowest BCUT2D eigenvalue weighted by Crippen LogP contribution is -2.55. The summed E-state index contributed by atoms with van der Waals surface area (Å²) in [4.78, 5) is 20.9. The Balaban J connectivity index is 1.51. The van der Waals surface area contributed by atoms with E-state index in [1.54, 1.807) is 13.2 Å². The van der Waals surface area contributed by atoms with Crippen LogP contribution in [0.25, 0.3) is 0 Å². The molecule has 1 aromatic carbocycles. The molecule has 2 aliphatic heterocycles. The highest BCUT2D eigenvalue weighted by Crippen LogP contribution is 2.30. The maximum atomic E-state index is 11.8. The van der Waals surface area contributed by atoms with E-state index in [1.807, 2.05) is 18.2 Å². The van der Waals surface area contributed by atoms with Crippen molar-refractivity contribution in [3.05, 3.63) is 42.2 Å². The van der Waals surface area contributed by atoms with Gasteiger partial charge in [-0.25, -0.2) is 9.78 Å². The van der Waals surface area contributed by atoms with E-state index >= 15 is 0 Å². The van der Waals surface area contributed by atoms with Gasteiger partial charge in [0, 0.05) is 57.2 Å². The predicted molar refractivity (Wildman–Crippen MR) is 131 cm³/mol. The van der Waals surface area contributed by atoms with Crippen molar-refractivity contribution in [3.63, 3.8) is 0 Å². The molecule has 4 N–H and O–H groups in total. The first-order valence-corrected chi connectivity index (χ1v) is 11.6. The van der Waals surface area contributed by atoms with E-state index in [9.17, 15) is 10.1 Å². The molecule has 0 unspecified atom stereocenters. The minimum Gasteiger partial charge on any atom is -0.369 e. The Hall–Kier alpha value is -3.51. The molecule has 0 aliphatic carbocycles. The number of aromatic nitrogens is 1. The summed E-state index contributed by atoms with van der Waals surface area (Å²) in [6, 6.07) is 12.5. The number of nitrogens with one attached hydrogen (secondary N) is 4. The van der Waals surface area contributed by atoms with Crippen molar-refractivity contribution in [2.45, 2.75) is 31.8 Å². The maximum absolute atomic E-state index is 11.8. The largest absolute Gasteiger partial charge is 0.369 e. The van der Waals surface area contributed by atoms with Crippen molar-refractivity contribution in [3.8, 4) is 6.07 Å². The van der Waals surface area contributed by atoms with E-state index in [0.717, 1.165) is 56.9 Å². The number of carbonyl (C=O) groups excluding carboxylic acids is 1. The average Bonchev–Trinajstić information content (AvgIpc) is 2.86. The van der Waals surface area contributed by atoms with Crippen LogP contribution in [0.1, 0.15) is 25.5 Å². The van der Waals surface area contributed by atoms with E-state index in [2.05, 4.69) is 61.2 Å². The van der Waals surface area contributed by atoms with Gasteiger partial charge in [-0.15, -0.1) is 0 Å². The van der Waals surface area contributed by atoms with Gasteiger partial charge in [0.1, 0.15) is 6.07 Å². The number of amides is 2. The third kappa shape index (κ3) is 5.29. The van der Waals surface area contributed by atoms with Gasteiger partial charge in [0.2, 0.25) is 0 Å². The normalized spacial score (nSPS) is 20.6. The topological polar surface area (TPSA) is 108 Å². The predicted octanol–water partition coefficient (Wildman–Crippen LogP) is 2.39. The highest BCUT2D eigenvalue weighted by molar-refractivity contribution is 5.74. The zero-order chi connectivity index (χ0) is 23.2. The summed E-state index contributed by atoms with van der Waals surface area (Å²) >= 11 is 0. The molecule has 174 valence electrons. The zero-order valence-corrected chi connectivity index (χ0v) is 19.3. The van der Waals surface area contributed by atoms with Crippen LogP contribution in [0.3, 0.4) is 0 Å². The lowest BCUT2D eigenvalue weighted by Gasteiger charge is -2.41. The van der Waals surface area contributed by atoms with Crippen LogP contribution in [0.4, 0.5) is 27.5 Å². The number of nitriles is 1. The first-order chi connectivity index (χ1) is 16.1. The number of piperazine rings is 1. The summed E-state index contributed by atoms with van der Waals surface area (Å²) in [6.07, 6.45) is 3.64. The quantitative estimate of drug-likeness (QED) is 0.556. The van der Waals surface area contributed by atoms with Gasteiger partial charge in [0.05, 0.1) is 23.6 Å². The second kappa shape index (κ2) is 10.4. The van der Waals surface area contributed by atoms with E-state index < -0.39 is 0 Å². The van der Waals surface area contributed by atoms with Crippen LogP contribution < -0.4 is 31.1 Å². The number of hydrogen-bond acceptors (Lipinski definition) is 7. The number of carbonyl (C=O) groups is 1. The Morgan fingerprint density at radius 3 is 2.64 bits per heavy atom. The Kier molecular flexibility index (Phi) is 7.15. The van der Waals surface area contributed by atoms with E-state index in [4.69, 9.17) is 0 Å². The molecule has 2 atom stereocenters. The number of nitrogens with zero attached hydrogens (tertiary/aromatic N) is 4. The van der Waals surface area contributed by atoms with Gasteiger partial charge in [0.15, 0.2) is 5.69 Å². The number of hydrogen-bond donors (Lipinski definition) is 4. The maximum Gasteiger partial charge on any atom is 0.314 e. The highest BCUT2D eigenvalue weighted by atomic mass is 16.2. The standard InChI is InChI=1S/C24H32N8O/c1-17-21(30-24(33)26-2)4-3-11-32(17)20-14-22(23(15-25)28-16-20)29-18-5-7-19(8-6-18)31-12-9-27-10-13-31/h5-8,14,16-17,21,27,29H,3-4,9-13H2,1-2H3,(H2,26,30,33)/t17-,21-/m1/s1. The van der Waals surface area contributed by atoms with Crippen molar-refractivity contribution >= 4 is 28.8 Å². The van der Waals surface area contributed by atoms with E-state index in [-0.39, 0.29) is 18.1 Å². The van der Waals surface area contributed by atoms with E-state index in [0.29, 0.717) is 11.4 Å². The first kappa shape index (κ1) is 22.7. The minimum atomic E-state index is -0.168. The molecule has 0 bridgehead atoms. The van der Waals surface area contributed by atoms with Gasteiger partial charge in [0.25, 0.3) is 0 Å². The molecule has 4 rings (SSSR count). The first-order valence-electron chi connectivity index (χ1n) is 11.6. The van der Waals surface area contributed by atoms with Gasteiger partial charge in [-0.2, -0.15) is 5.26 Å². The van der Waals surface area contributed by atoms with Gasteiger partial charge in [-0.05, 0) is 50.1 Å². The fourth-order valence-electron chi connectivity index (χ4n) is 4.57. The highest BCUT2D eigenvalue weighted by Gasteiger charge is 2.29. The molecule has 3 heterocycles. The smallest absolute Gasteiger partial charge is 0.314 e. The molecule has 2 fully saturated rings. The summed E-state index contributed by atoms with van der Waals surface area (Å²) in [5.74, 6) is 0. The Bertz CT molecular complexity index is 997. The number of anilines is 4. The van der Waals surface area contributed by atoms with Crippen LogP contribution in [0.2, 0.25) is 0 Å². The molecule has 33 heavy (non-hydrogen) atoms. The molecule has 2 aromatic rings. The third-order valence-electron chi connectivity index (χ3n) is 6.47. The lowest BCUT2D eigenvalue weighted by molar-refractivity contribution is 0.233. The van der Waals surface area contributed by atoms with Crippen LogP contribution in [0.15, 0.2) is 36.5 Å². The molecular formula is C24H32N8O. The number of rotatable bonds is 5. The second-order valence-electron chi connectivity index (χ2n) is 8.52. The summed E-state index contributed by atoms with van der Waals surface area (Å²) in [7, 11) is 1.62. The molecule has 9 heteroatoms. The summed E-state index contributed by atoms with van der Waals surface area (Å²) in [5, 5.41) is 22.0. The number of pyridine rings is 1. The zero-order valence-electron chi connectivity index (χ0n) is 19.3. The van der Waals surface area contributed by atoms with Gasteiger partial charge in [-0.3, -0.25) is 0 Å². The van der Waals surface area contributed by atoms with E-state index in [1.165, 1.54) is 5.69 Å². The Labute approximate surface area is 195 Å². The van der Waals surface area contributed by atoms with Crippen LogP contribution in [0, 0.1) is 11.3 Å². The van der Waals surface area contributed by atoms with Gasteiger partial charge >= 0.3 is 6.03 Å². The average molecular weight is 449 g/mol. The summed E-state index contributed by atoms with van der Waals surface area (Å²) in [6.45, 7) is 6.98. The summed E-state index contributed by atoms with van der Waals surface area (Å²) in [5.41, 5.74) is 4.08. The van der Waals surface area contributed by atoms with Crippen molar-refractivity contribution in [1.82, 2.24) is 20.9 Å². The number of piperidine rings is 1. The molecule has 2 saturated heterocycles. The summed E-state index contributed by atoms with van der Waals surface area (Å²) < 4.78 is 0. The van der Waals surface area contributed by atoms with Crippen LogP contribution in [-0.2, 0) is 0 Å². The second-order valence-corrected chi connectivity index (χ2v) is 8.52. The molecular weight excluding hydrogens is 416 g/mol.